The van der Waals surface area contributed by atoms with Crippen LogP contribution in [-0.2, 0) is 9.53 Å². The number of carbonyl (C=O) groups excluding carboxylic acids is 1. The van der Waals surface area contributed by atoms with Gasteiger partial charge in [0.15, 0.2) is 0 Å². The van der Waals surface area contributed by atoms with Crippen molar-refractivity contribution in [1.82, 2.24) is 10.3 Å². The number of amides is 1. The highest BCUT2D eigenvalue weighted by Gasteiger charge is 2.09. The summed E-state index contributed by atoms with van der Waals surface area (Å²) in [4.78, 5) is 15.8. The molecular weight excluding hydrogens is 246 g/mol. The van der Waals surface area contributed by atoms with Crippen molar-refractivity contribution in [2.75, 3.05) is 32.1 Å². The number of methoxy groups -OCH3 is 1. The van der Waals surface area contributed by atoms with Crippen molar-refractivity contribution >= 4 is 11.6 Å². The minimum Gasteiger partial charge on any atom is -0.473 e. The van der Waals surface area contributed by atoms with Crippen LogP contribution in [0.1, 0.15) is 13.8 Å². The second kappa shape index (κ2) is 8.44. The summed E-state index contributed by atoms with van der Waals surface area (Å²) >= 11 is 0. The average Bonchev–Trinajstić information content (AvgIpc) is 2.36. The molecule has 1 aromatic heterocycles. The molecule has 19 heavy (non-hydrogen) atoms. The smallest absolute Gasteiger partial charge is 0.238 e. The van der Waals surface area contributed by atoms with Crippen LogP contribution >= 0.6 is 0 Å². The van der Waals surface area contributed by atoms with Crippen molar-refractivity contribution < 1.29 is 14.3 Å². The summed E-state index contributed by atoms with van der Waals surface area (Å²) in [5, 5.41) is 5.73. The average molecular weight is 267 g/mol. The van der Waals surface area contributed by atoms with Gasteiger partial charge < -0.3 is 20.1 Å². The van der Waals surface area contributed by atoms with E-state index in [9.17, 15) is 4.79 Å². The maximum Gasteiger partial charge on any atom is 0.238 e. The van der Waals surface area contributed by atoms with E-state index in [1.54, 1.807) is 25.4 Å². The molecule has 6 nitrogen and oxygen atoms in total. The molecule has 0 aliphatic carbocycles. The molecule has 1 amide bonds. The van der Waals surface area contributed by atoms with Crippen LogP contribution in [0.25, 0.3) is 0 Å². The van der Waals surface area contributed by atoms with E-state index in [0.717, 1.165) is 0 Å². The van der Waals surface area contributed by atoms with E-state index in [1.807, 2.05) is 13.8 Å². The zero-order valence-corrected chi connectivity index (χ0v) is 11.6. The molecule has 0 atom stereocenters. The largest absolute Gasteiger partial charge is 0.473 e. The summed E-state index contributed by atoms with van der Waals surface area (Å²) in [6, 6.07) is 3.51. The number of nitrogens with one attached hydrogen (secondary N) is 2. The van der Waals surface area contributed by atoms with Crippen LogP contribution in [0.4, 0.5) is 5.69 Å². The lowest BCUT2D eigenvalue weighted by molar-refractivity contribution is -0.115. The normalized spacial score (nSPS) is 10.5. The summed E-state index contributed by atoms with van der Waals surface area (Å²) in [6.07, 6.45) is 1.63. The third kappa shape index (κ3) is 6.17. The monoisotopic (exact) mass is 267 g/mol. The zero-order valence-electron chi connectivity index (χ0n) is 11.6. The maximum atomic E-state index is 11.7. The molecule has 0 aromatic carbocycles. The fourth-order valence-corrected chi connectivity index (χ4v) is 1.37. The second-order valence-corrected chi connectivity index (χ2v) is 4.24. The summed E-state index contributed by atoms with van der Waals surface area (Å²) in [6.45, 7) is 5.24. The van der Waals surface area contributed by atoms with Crippen LogP contribution in [-0.4, -0.2) is 43.8 Å². The molecule has 0 bridgehead atoms. The van der Waals surface area contributed by atoms with Gasteiger partial charge >= 0.3 is 0 Å². The highest BCUT2D eigenvalue weighted by atomic mass is 16.5. The van der Waals surface area contributed by atoms with Crippen molar-refractivity contribution in [2.24, 2.45) is 0 Å². The topological polar surface area (TPSA) is 72.5 Å². The molecule has 0 aliphatic heterocycles. The Morgan fingerprint density at radius 1 is 1.47 bits per heavy atom. The molecule has 1 heterocycles. The first-order chi connectivity index (χ1) is 9.13. The zero-order chi connectivity index (χ0) is 14.1. The van der Waals surface area contributed by atoms with Crippen molar-refractivity contribution in [2.45, 2.75) is 20.0 Å². The van der Waals surface area contributed by atoms with E-state index in [4.69, 9.17) is 9.47 Å². The number of aromatic nitrogens is 1. The van der Waals surface area contributed by atoms with Crippen LogP contribution in [0.5, 0.6) is 5.88 Å². The Bertz CT molecular complexity index is 396. The molecule has 0 saturated carbocycles. The maximum absolute atomic E-state index is 11.7. The Morgan fingerprint density at radius 2 is 2.26 bits per heavy atom. The van der Waals surface area contributed by atoms with Gasteiger partial charge in [0.1, 0.15) is 5.69 Å². The molecule has 1 rings (SSSR count). The summed E-state index contributed by atoms with van der Waals surface area (Å²) in [5.74, 6) is 0.292. The summed E-state index contributed by atoms with van der Waals surface area (Å²) < 4.78 is 10.4. The van der Waals surface area contributed by atoms with Gasteiger partial charge in [0.25, 0.3) is 0 Å². The van der Waals surface area contributed by atoms with E-state index in [-0.39, 0.29) is 18.6 Å². The highest BCUT2D eigenvalue weighted by molar-refractivity contribution is 5.93. The first-order valence-corrected chi connectivity index (χ1v) is 6.24. The predicted octanol–water partition coefficient (Wildman–Crippen LogP) is 1.04. The lowest BCUT2D eigenvalue weighted by Gasteiger charge is -2.13. The number of pyridine rings is 1. The van der Waals surface area contributed by atoms with Gasteiger partial charge in [-0.2, -0.15) is 0 Å². The van der Waals surface area contributed by atoms with Gasteiger partial charge in [0.05, 0.1) is 19.3 Å². The van der Waals surface area contributed by atoms with E-state index in [1.165, 1.54) is 0 Å². The number of nitrogens with zero attached hydrogens (tertiary/aromatic N) is 1. The molecule has 0 saturated heterocycles. The molecule has 0 spiro atoms. The summed E-state index contributed by atoms with van der Waals surface area (Å²) in [5.41, 5.74) is 0.578. The molecule has 0 radical (unpaired) electrons. The van der Waals surface area contributed by atoms with E-state index < -0.39 is 0 Å². The fraction of sp³-hybridized carbons (Fsp3) is 0.538. The lowest BCUT2D eigenvalue weighted by Crippen LogP contribution is -2.30. The number of carbonyl (C=O) groups is 1. The number of hydrogen-bond acceptors (Lipinski definition) is 5. The van der Waals surface area contributed by atoms with Crippen LogP contribution < -0.4 is 15.4 Å². The highest BCUT2D eigenvalue weighted by Crippen LogP contribution is 2.21. The van der Waals surface area contributed by atoms with Crippen LogP contribution in [0.15, 0.2) is 18.3 Å². The molecule has 2 N–H and O–H groups in total. The van der Waals surface area contributed by atoms with Crippen LogP contribution in [0, 0.1) is 0 Å². The van der Waals surface area contributed by atoms with Gasteiger partial charge in [-0.25, -0.2) is 4.98 Å². The number of rotatable bonds is 8. The van der Waals surface area contributed by atoms with Crippen LogP contribution in [0.2, 0.25) is 0 Å². The Kier molecular flexibility index (Phi) is 6.84. The fourth-order valence-electron chi connectivity index (χ4n) is 1.37. The minimum atomic E-state index is -0.141. The van der Waals surface area contributed by atoms with Gasteiger partial charge in [-0.3, -0.25) is 4.79 Å². The van der Waals surface area contributed by atoms with Gasteiger partial charge in [0.2, 0.25) is 11.8 Å². The minimum absolute atomic E-state index is 0.00498. The van der Waals surface area contributed by atoms with Gasteiger partial charge in [-0.15, -0.1) is 0 Å². The first kappa shape index (κ1) is 15.4. The van der Waals surface area contributed by atoms with Gasteiger partial charge in [-0.05, 0) is 26.0 Å². The number of anilines is 1. The molecule has 1 aromatic rings. The molecule has 0 fully saturated rings. The van der Waals surface area contributed by atoms with Crippen molar-refractivity contribution in [3.05, 3.63) is 18.3 Å². The van der Waals surface area contributed by atoms with E-state index in [0.29, 0.717) is 24.7 Å². The van der Waals surface area contributed by atoms with Crippen molar-refractivity contribution in [3.63, 3.8) is 0 Å². The Balaban J connectivity index is 2.49. The van der Waals surface area contributed by atoms with Crippen molar-refractivity contribution in [3.8, 4) is 5.88 Å². The molecule has 106 valence electrons. The lowest BCUT2D eigenvalue weighted by atomic mass is 10.3. The third-order valence-electron chi connectivity index (χ3n) is 2.16. The van der Waals surface area contributed by atoms with Gasteiger partial charge in [-0.1, -0.05) is 0 Å². The first-order valence-electron chi connectivity index (χ1n) is 6.24. The van der Waals surface area contributed by atoms with Crippen molar-refractivity contribution in [1.29, 1.82) is 0 Å². The Labute approximate surface area is 113 Å². The standard InChI is InChI=1S/C13H21N3O3/c1-10(2)19-13-11(5-4-6-15-13)16-12(17)9-14-7-8-18-3/h4-6,10,14H,7-9H2,1-3H3,(H,16,17). The molecule has 6 heteroatoms. The summed E-state index contributed by atoms with van der Waals surface area (Å²) in [7, 11) is 1.62. The molecule has 0 aliphatic rings. The SMILES string of the molecule is COCCNCC(=O)Nc1cccnc1OC(C)C. The van der Waals surface area contributed by atoms with Gasteiger partial charge in [0, 0.05) is 19.9 Å². The van der Waals surface area contributed by atoms with E-state index >= 15 is 0 Å². The molecular formula is C13H21N3O3. The third-order valence-corrected chi connectivity index (χ3v) is 2.16. The Morgan fingerprint density at radius 3 is 2.95 bits per heavy atom. The Hall–Kier alpha value is -1.66. The van der Waals surface area contributed by atoms with Crippen LogP contribution in [0.3, 0.4) is 0 Å². The number of ether oxygens (including phenoxy) is 2. The second-order valence-electron chi connectivity index (χ2n) is 4.24. The quantitative estimate of drug-likeness (QED) is 0.689. The number of hydrogen-bond donors (Lipinski definition) is 2. The van der Waals surface area contributed by atoms with E-state index in [2.05, 4.69) is 15.6 Å². The predicted molar refractivity (Wildman–Crippen MR) is 73.4 cm³/mol. The molecule has 0 unspecified atom stereocenters.